The summed E-state index contributed by atoms with van der Waals surface area (Å²) in [4.78, 5) is 27.5. The number of hydrogen-bond acceptors (Lipinski definition) is 5. The lowest BCUT2D eigenvalue weighted by atomic mass is 9.98. The highest BCUT2D eigenvalue weighted by Crippen LogP contribution is 2.26. The fraction of sp³-hybridized carbons (Fsp3) is 0.292. The standard InChI is InChI=1S/C24H26N4O3/c1-16-3-7-19(8-4-16)28-24(25)21(14-26-28)23(30)18-11-12-27(15-18)22(29)13-17-5-9-20(31-2)10-6-17/h3-10,14,18H,11-13,15,25H2,1-2H3/t18-/m0/s1. The largest absolute Gasteiger partial charge is 0.497 e. The molecule has 1 amide bonds. The summed E-state index contributed by atoms with van der Waals surface area (Å²) in [7, 11) is 1.61. The van der Waals surface area contributed by atoms with Gasteiger partial charge in [-0.05, 0) is 43.2 Å². The Hall–Kier alpha value is -3.61. The van der Waals surface area contributed by atoms with Gasteiger partial charge in [0.2, 0.25) is 5.91 Å². The number of aromatic nitrogens is 2. The molecule has 1 fully saturated rings. The maximum Gasteiger partial charge on any atom is 0.227 e. The molecule has 1 atom stereocenters. The summed E-state index contributed by atoms with van der Waals surface area (Å²) < 4.78 is 6.73. The molecule has 0 radical (unpaired) electrons. The quantitative estimate of drug-likeness (QED) is 0.622. The molecule has 0 bridgehead atoms. The lowest BCUT2D eigenvalue weighted by Gasteiger charge is -2.16. The van der Waals surface area contributed by atoms with Crippen molar-refractivity contribution in [2.75, 3.05) is 25.9 Å². The van der Waals surface area contributed by atoms with Crippen LogP contribution in [0.2, 0.25) is 0 Å². The van der Waals surface area contributed by atoms with Gasteiger partial charge >= 0.3 is 0 Å². The van der Waals surface area contributed by atoms with E-state index in [2.05, 4.69) is 5.10 Å². The van der Waals surface area contributed by atoms with Gasteiger partial charge in [-0.1, -0.05) is 29.8 Å². The zero-order chi connectivity index (χ0) is 22.0. The molecule has 0 spiro atoms. The Balaban J connectivity index is 1.41. The smallest absolute Gasteiger partial charge is 0.227 e. The molecule has 0 aliphatic carbocycles. The maximum atomic E-state index is 13.1. The third kappa shape index (κ3) is 4.30. The molecule has 7 heteroatoms. The number of hydrogen-bond donors (Lipinski definition) is 1. The minimum Gasteiger partial charge on any atom is -0.497 e. The number of methoxy groups -OCH3 is 1. The van der Waals surface area contributed by atoms with Gasteiger partial charge in [-0.3, -0.25) is 9.59 Å². The fourth-order valence-corrected chi connectivity index (χ4v) is 3.89. The van der Waals surface area contributed by atoms with E-state index in [-0.39, 0.29) is 17.6 Å². The minimum atomic E-state index is -0.266. The van der Waals surface area contributed by atoms with Crippen LogP contribution in [-0.4, -0.2) is 46.6 Å². The van der Waals surface area contributed by atoms with E-state index in [9.17, 15) is 9.59 Å². The number of carbonyl (C=O) groups is 2. The van der Waals surface area contributed by atoms with Crippen LogP contribution in [0.5, 0.6) is 5.75 Å². The summed E-state index contributed by atoms with van der Waals surface area (Å²) >= 11 is 0. The summed E-state index contributed by atoms with van der Waals surface area (Å²) in [6.45, 7) is 2.98. The first kappa shape index (κ1) is 20.7. The molecule has 160 valence electrons. The molecule has 1 aliphatic heterocycles. The van der Waals surface area contributed by atoms with Crippen molar-refractivity contribution in [3.63, 3.8) is 0 Å². The SMILES string of the molecule is COc1ccc(CC(=O)N2CC[C@H](C(=O)c3cnn(-c4ccc(C)cc4)c3N)C2)cc1. The maximum absolute atomic E-state index is 13.1. The van der Waals surface area contributed by atoms with Gasteiger partial charge in [0, 0.05) is 19.0 Å². The summed E-state index contributed by atoms with van der Waals surface area (Å²) in [6.07, 6.45) is 2.46. The van der Waals surface area contributed by atoms with E-state index in [4.69, 9.17) is 10.5 Å². The van der Waals surface area contributed by atoms with E-state index in [1.165, 1.54) is 6.20 Å². The molecule has 2 heterocycles. The van der Waals surface area contributed by atoms with Crippen LogP contribution in [0, 0.1) is 12.8 Å². The predicted octanol–water partition coefficient (Wildman–Crippen LogP) is 3.05. The van der Waals surface area contributed by atoms with Crippen LogP contribution in [0.4, 0.5) is 5.82 Å². The van der Waals surface area contributed by atoms with Crippen LogP contribution in [0.1, 0.15) is 27.9 Å². The molecular formula is C24H26N4O3. The highest BCUT2D eigenvalue weighted by Gasteiger charge is 2.33. The van der Waals surface area contributed by atoms with Crippen LogP contribution < -0.4 is 10.5 Å². The Labute approximate surface area is 181 Å². The van der Waals surface area contributed by atoms with Crippen LogP contribution in [0.3, 0.4) is 0 Å². The van der Waals surface area contributed by atoms with Crippen LogP contribution in [-0.2, 0) is 11.2 Å². The van der Waals surface area contributed by atoms with Gasteiger partial charge in [0.05, 0.1) is 31.0 Å². The number of likely N-dealkylation sites (tertiary alicyclic amines) is 1. The van der Waals surface area contributed by atoms with E-state index in [1.54, 1.807) is 16.7 Å². The van der Waals surface area contributed by atoms with Crippen molar-refractivity contribution in [3.8, 4) is 11.4 Å². The molecule has 3 aromatic rings. The Morgan fingerprint density at radius 2 is 1.84 bits per heavy atom. The second-order valence-electron chi connectivity index (χ2n) is 7.91. The van der Waals surface area contributed by atoms with Crippen LogP contribution in [0.15, 0.2) is 54.7 Å². The van der Waals surface area contributed by atoms with Gasteiger partial charge in [0.25, 0.3) is 0 Å². The lowest BCUT2D eigenvalue weighted by molar-refractivity contribution is -0.129. The molecule has 4 rings (SSSR count). The number of Topliss-reactive ketones (excluding diaryl/α,β-unsaturated/α-hetero) is 1. The van der Waals surface area contributed by atoms with Gasteiger partial charge in [0.15, 0.2) is 5.78 Å². The Kier molecular flexibility index (Phi) is 5.75. The van der Waals surface area contributed by atoms with Crippen molar-refractivity contribution >= 4 is 17.5 Å². The van der Waals surface area contributed by atoms with Crippen molar-refractivity contribution in [2.45, 2.75) is 19.8 Å². The van der Waals surface area contributed by atoms with E-state index in [0.29, 0.717) is 37.3 Å². The van der Waals surface area contributed by atoms with Gasteiger partial charge in [0.1, 0.15) is 11.6 Å². The highest BCUT2D eigenvalue weighted by atomic mass is 16.5. The molecule has 1 aliphatic rings. The molecular weight excluding hydrogens is 392 g/mol. The summed E-state index contributed by atoms with van der Waals surface area (Å²) in [5.41, 5.74) is 9.53. The highest BCUT2D eigenvalue weighted by molar-refractivity contribution is 6.02. The van der Waals surface area contributed by atoms with Crippen molar-refractivity contribution in [2.24, 2.45) is 5.92 Å². The summed E-state index contributed by atoms with van der Waals surface area (Å²) in [5, 5.41) is 4.31. The summed E-state index contributed by atoms with van der Waals surface area (Å²) in [5.74, 6) is 0.779. The zero-order valence-corrected chi connectivity index (χ0v) is 17.7. The topological polar surface area (TPSA) is 90.5 Å². The molecule has 2 N–H and O–H groups in total. The molecule has 2 aromatic carbocycles. The molecule has 31 heavy (non-hydrogen) atoms. The van der Waals surface area contributed by atoms with E-state index in [0.717, 1.165) is 22.6 Å². The van der Waals surface area contributed by atoms with Crippen molar-refractivity contribution in [1.82, 2.24) is 14.7 Å². The zero-order valence-electron chi connectivity index (χ0n) is 17.7. The number of ether oxygens (including phenoxy) is 1. The third-order valence-corrected chi connectivity index (χ3v) is 5.78. The van der Waals surface area contributed by atoms with E-state index in [1.807, 2.05) is 55.5 Å². The average molecular weight is 418 g/mol. The van der Waals surface area contributed by atoms with E-state index >= 15 is 0 Å². The first-order valence-electron chi connectivity index (χ1n) is 10.3. The first-order chi connectivity index (χ1) is 15.0. The Morgan fingerprint density at radius 1 is 1.13 bits per heavy atom. The number of carbonyl (C=O) groups excluding carboxylic acids is 2. The number of amides is 1. The number of anilines is 1. The van der Waals surface area contributed by atoms with Gasteiger partial charge in [-0.15, -0.1) is 0 Å². The fourth-order valence-electron chi connectivity index (χ4n) is 3.89. The van der Waals surface area contributed by atoms with Crippen molar-refractivity contribution in [1.29, 1.82) is 0 Å². The number of benzene rings is 2. The summed E-state index contributed by atoms with van der Waals surface area (Å²) in [6, 6.07) is 15.2. The Bertz CT molecular complexity index is 1090. The number of ketones is 1. The Morgan fingerprint density at radius 3 is 2.52 bits per heavy atom. The minimum absolute atomic E-state index is 0.0174. The molecule has 0 saturated carbocycles. The predicted molar refractivity (Wildman–Crippen MR) is 118 cm³/mol. The van der Waals surface area contributed by atoms with Gasteiger partial charge in [-0.2, -0.15) is 5.10 Å². The first-order valence-corrected chi connectivity index (χ1v) is 10.3. The molecule has 1 aromatic heterocycles. The lowest BCUT2D eigenvalue weighted by Crippen LogP contribution is -2.31. The second kappa shape index (κ2) is 8.63. The molecule has 7 nitrogen and oxygen atoms in total. The van der Waals surface area contributed by atoms with Crippen molar-refractivity contribution in [3.05, 3.63) is 71.4 Å². The van der Waals surface area contributed by atoms with Crippen molar-refractivity contribution < 1.29 is 14.3 Å². The van der Waals surface area contributed by atoms with Crippen LogP contribution >= 0.6 is 0 Å². The van der Waals surface area contributed by atoms with Gasteiger partial charge in [-0.25, -0.2) is 4.68 Å². The number of nitrogens with two attached hydrogens (primary N) is 1. The average Bonchev–Trinajstić information content (AvgIpc) is 3.42. The molecule has 1 saturated heterocycles. The number of nitrogens with zero attached hydrogens (tertiary/aromatic N) is 3. The van der Waals surface area contributed by atoms with Crippen LogP contribution in [0.25, 0.3) is 5.69 Å². The molecule has 0 unspecified atom stereocenters. The number of nitrogen functional groups attached to an aromatic ring is 1. The number of rotatable bonds is 6. The van der Waals surface area contributed by atoms with Gasteiger partial charge < -0.3 is 15.4 Å². The normalized spacial score (nSPS) is 15.8. The number of aryl methyl sites for hydroxylation is 1. The van der Waals surface area contributed by atoms with E-state index < -0.39 is 0 Å². The third-order valence-electron chi connectivity index (χ3n) is 5.78. The monoisotopic (exact) mass is 418 g/mol. The second-order valence-corrected chi connectivity index (χ2v) is 7.91.